The van der Waals surface area contributed by atoms with Crippen LogP contribution >= 0.6 is 0 Å². The van der Waals surface area contributed by atoms with Crippen molar-refractivity contribution >= 4 is 5.91 Å². The van der Waals surface area contributed by atoms with Crippen molar-refractivity contribution in [2.75, 3.05) is 0 Å². The minimum Gasteiger partial charge on any atom is -0.487 e. The molecule has 2 unspecified atom stereocenters. The van der Waals surface area contributed by atoms with Crippen LogP contribution in [0.3, 0.4) is 0 Å². The van der Waals surface area contributed by atoms with E-state index in [1.165, 1.54) is 0 Å². The monoisotopic (exact) mass is 335 g/mol. The van der Waals surface area contributed by atoms with Crippen molar-refractivity contribution in [3.63, 3.8) is 0 Å². The molecule has 0 bridgehead atoms. The molecule has 2 rings (SSSR count). The van der Waals surface area contributed by atoms with E-state index in [1.54, 1.807) is 0 Å². The summed E-state index contributed by atoms with van der Waals surface area (Å²) in [6, 6.07) is 7.01. The number of hydrogen-bond donors (Lipinski definition) is 3. The first-order chi connectivity index (χ1) is 11.5. The van der Waals surface area contributed by atoms with E-state index in [-0.39, 0.29) is 17.9 Å². The molecule has 5 atom stereocenters. The predicted octanol–water partition coefficient (Wildman–Crippen LogP) is 2.56. The molecule has 3 N–H and O–H groups in total. The highest BCUT2D eigenvalue weighted by Gasteiger charge is 2.37. The fraction of sp³-hybridized carbons (Fsp3) is 0.632. The van der Waals surface area contributed by atoms with Crippen LogP contribution in [0.4, 0.5) is 0 Å². The van der Waals surface area contributed by atoms with Crippen LogP contribution in [0.1, 0.15) is 58.1 Å². The Labute approximate surface area is 144 Å². The molecule has 0 saturated heterocycles. The molecule has 5 nitrogen and oxygen atoms in total. The first-order valence-electron chi connectivity index (χ1n) is 8.93. The van der Waals surface area contributed by atoms with Gasteiger partial charge in [-0.25, -0.2) is 0 Å². The van der Waals surface area contributed by atoms with E-state index in [0.29, 0.717) is 31.4 Å². The lowest BCUT2D eigenvalue weighted by Gasteiger charge is -2.37. The minimum absolute atomic E-state index is 0.124. The van der Waals surface area contributed by atoms with Crippen molar-refractivity contribution in [1.29, 1.82) is 0 Å². The summed E-state index contributed by atoms with van der Waals surface area (Å²) in [7, 11) is 0. The van der Waals surface area contributed by atoms with Crippen molar-refractivity contribution in [2.24, 2.45) is 5.92 Å². The van der Waals surface area contributed by atoms with Crippen LogP contribution in [0, 0.1) is 5.92 Å². The third-order valence-corrected chi connectivity index (χ3v) is 4.85. The van der Waals surface area contributed by atoms with Gasteiger partial charge in [-0.3, -0.25) is 4.79 Å². The van der Waals surface area contributed by atoms with E-state index >= 15 is 0 Å². The van der Waals surface area contributed by atoms with E-state index < -0.39 is 18.2 Å². The number of hydrogen-bond acceptors (Lipinski definition) is 4. The van der Waals surface area contributed by atoms with Crippen molar-refractivity contribution < 1.29 is 19.7 Å². The van der Waals surface area contributed by atoms with Gasteiger partial charge in [0.2, 0.25) is 5.91 Å². The molecule has 1 aromatic carbocycles. The Balaban J connectivity index is 2.18. The number of benzene rings is 1. The lowest BCUT2D eigenvalue weighted by molar-refractivity contribution is -0.129. The van der Waals surface area contributed by atoms with Gasteiger partial charge in [0.25, 0.3) is 0 Å². The zero-order valence-corrected chi connectivity index (χ0v) is 14.7. The summed E-state index contributed by atoms with van der Waals surface area (Å²) in [6.07, 6.45) is 0.779. The van der Waals surface area contributed by atoms with Crippen LogP contribution in [-0.4, -0.2) is 34.4 Å². The van der Waals surface area contributed by atoms with Gasteiger partial charge in [0, 0.05) is 11.5 Å². The minimum atomic E-state index is -0.789. The summed E-state index contributed by atoms with van der Waals surface area (Å²) in [5.41, 5.74) is 0.800. The molecule has 134 valence electrons. The number of amides is 1. The number of ether oxygens (including phenoxy) is 1. The maximum Gasteiger partial charge on any atom is 0.223 e. The van der Waals surface area contributed by atoms with Gasteiger partial charge in [-0.2, -0.15) is 0 Å². The fourth-order valence-electron chi connectivity index (χ4n) is 3.19. The molecule has 0 aliphatic carbocycles. The molecule has 5 heteroatoms. The Morgan fingerprint density at radius 2 is 1.96 bits per heavy atom. The lowest BCUT2D eigenvalue weighted by Crippen LogP contribution is -2.48. The highest BCUT2D eigenvalue weighted by Crippen LogP contribution is 2.36. The van der Waals surface area contributed by atoms with Crippen molar-refractivity contribution in [3.8, 4) is 5.75 Å². The Bertz CT molecular complexity index is 548. The highest BCUT2D eigenvalue weighted by atomic mass is 16.5. The van der Waals surface area contributed by atoms with Gasteiger partial charge in [0.1, 0.15) is 18.0 Å². The SMILES string of the molecule is CCC1Oc2ccccc2C(NC(=O)[C@H](CC)C[C@H](O)CC)[C@@H]1O. The van der Waals surface area contributed by atoms with E-state index in [9.17, 15) is 15.0 Å². The van der Waals surface area contributed by atoms with E-state index in [1.807, 2.05) is 45.0 Å². The largest absolute Gasteiger partial charge is 0.487 e. The second-order valence-corrected chi connectivity index (χ2v) is 6.48. The van der Waals surface area contributed by atoms with E-state index in [0.717, 1.165) is 5.56 Å². The zero-order chi connectivity index (χ0) is 17.7. The Kier molecular flexibility index (Phi) is 6.63. The van der Waals surface area contributed by atoms with Gasteiger partial charge < -0.3 is 20.3 Å². The molecule has 0 spiro atoms. The molecule has 0 saturated carbocycles. The molecule has 1 aliphatic rings. The van der Waals surface area contributed by atoms with Gasteiger partial charge in [-0.05, 0) is 31.7 Å². The first-order valence-corrected chi connectivity index (χ1v) is 8.93. The third kappa shape index (κ3) is 4.08. The summed E-state index contributed by atoms with van der Waals surface area (Å²) in [5.74, 6) is 0.324. The topological polar surface area (TPSA) is 78.8 Å². The average Bonchev–Trinajstić information content (AvgIpc) is 2.61. The average molecular weight is 335 g/mol. The number of fused-ring (bicyclic) bond motifs is 1. The second kappa shape index (κ2) is 8.49. The smallest absolute Gasteiger partial charge is 0.223 e. The second-order valence-electron chi connectivity index (χ2n) is 6.48. The number of aliphatic hydroxyl groups excluding tert-OH is 2. The van der Waals surface area contributed by atoms with Crippen molar-refractivity contribution in [2.45, 2.75) is 70.8 Å². The van der Waals surface area contributed by atoms with Gasteiger partial charge in [-0.15, -0.1) is 0 Å². The summed E-state index contributed by atoms with van der Waals surface area (Å²) in [4.78, 5) is 12.7. The third-order valence-electron chi connectivity index (χ3n) is 4.85. The van der Waals surface area contributed by atoms with Gasteiger partial charge in [0.05, 0.1) is 12.1 Å². The normalized spacial score (nSPS) is 25.3. The molecule has 1 amide bonds. The maximum absolute atomic E-state index is 12.7. The Hall–Kier alpha value is -1.59. The zero-order valence-electron chi connectivity index (χ0n) is 14.7. The first kappa shape index (κ1) is 18.7. The summed E-state index contributed by atoms with van der Waals surface area (Å²) < 4.78 is 5.83. The standard InChI is InChI=1S/C19H29NO4/c1-4-12(11-13(21)5-2)19(23)20-17-14-9-7-8-10-16(14)24-15(6-3)18(17)22/h7-10,12-13,15,17-18,21-22H,4-6,11H2,1-3H3,(H,20,23)/t12-,13-,15?,17?,18-/m1/s1. The van der Waals surface area contributed by atoms with Crippen LogP contribution in [-0.2, 0) is 4.79 Å². The molecule has 1 aliphatic heterocycles. The molecule has 24 heavy (non-hydrogen) atoms. The van der Waals surface area contributed by atoms with Crippen LogP contribution in [0.25, 0.3) is 0 Å². The van der Waals surface area contributed by atoms with Crippen LogP contribution < -0.4 is 10.1 Å². The summed E-state index contributed by atoms with van der Waals surface area (Å²) in [5, 5.41) is 23.5. The van der Waals surface area contributed by atoms with Crippen molar-refractivity contribution in [3.05, 3.63) is 29.8 Å². The molecular formula is C19H29NO4. The lowest BCUT2D eigenvalue weighted by atomic mass is 9.90. The number of aliphatic hydroxyl groups is 2. The number of carbonyl (C=O) groups excluding carboxylic acids is 1. The fourth-order valence-corrected chi connectivity index (χ4v) is 3.19. The molecule has 1 aromatic rings. The number of para-hydroxylation sites is 1. The molecule has 1 heterocycles. The number of rotatable bonds is 7. The van der Waals surface area contributed by atoms with Gasteiger partial charge in [-0.1, -0.05) is 39.0 Å². The van der Waals surface area contributed by atoms with E-state index in [4.69, 9.17) is 4.74 Å². The Morgan fingerprint density at radius 3 is 2.58 bits per heavy atom. The predicted molar refractivity (Wildman–Crippen MR) is 92.7 cm³/mol. The van der Waals surface area contributed by atoms with Gasteiger partial charge >= 0.3 is 0 Å². The van der Waals surface area contributed by atoms with Crippen LogP contribution in [0.15, 0.2) is 24.3 Å². The quantitative estimate of drug-likeness (QED) is 0.715. The highest BCUT2D eigenvalue weighted by molar-refractivity contribution is 5.79. The van der Waals surface area contributed by atoms with E-state index in [2.05, 4.69) is 5.32 Å². The van der Waals surface area contributed by atoms with Crippen LogP contribution in [0.5, 0.6) is 5.75 Å². The molecule has 0 aromatic heterocycles. The Morgan fingerprint density at radius 1 is 1.25 bits per heavy atom. The number of carbonyl (C=O) groups is 1. The van der Waals surface area contributed by atoms with Crippen LogP contribution in [0.2, 0.25) is 0 Å². The summed E-state index contributed by atoms with van der Waals surface area (Å²) >= 11 is 0. The summed E-state index contributed by atoms with van der Waals surface area (Å²) in [6.45, 7) is 5.79. The molecule has 0 radical (unpaired) electrons. The number of nitrogens with one attached hydrogen (secondary N) is 1. The maximum atomic E-state index is 12.7. The van der Waals surface area contributed by atoms with Gasteiger partial charge in [0.15, 0.2) is 0 Å². The molecule has 0 fully saturated rings. The molecular weight excluding hydrogens is 306 g/mol. The van der Waals surface area contributed by atoms with Crippen molar-refractivity contribution in [1.82, 2.24) is 5.32 Å².